The van der Waals surface area contributed by atoms with Crippen LogP contribution in [0.3, 0.4) is 0 Å². The van der Waals surface area contributed by atoms with Gasteiger partial charge in [0.1, 0.15) is 0 Å². The van der Waals surface area contributed by atoms with Gasteiger partial charge in [0.15, 0.2) is 0 Å². The smallest absolute Gasteiger partial charge is 0.318 e. The molecule has 102 valence electrons. The Bertz CT molecular complexity index is 367. The molecule has 2 unspecified atom stereocenters. The molecular formula is C13H24N4O. The van der Waals surface area contributed by atoms with E-state index in [0.717, 1.165) is 19.6 Å². The maximum Gasteiger partial charge on any atom is 0.318 e. The van der Waals surface area contributed by atoms with Crippen LogP contribution in [0.25, 0.3) is 0 Å². The number of hydrogen-bond acceptors (Lipinski definition) is 5. The van der Waals surface area contributed by atoms with Crippen LogP contribution in [0.4, 0.5) is 6.01 Å². The first-order valence-electron chi connectivity index (χ1n) is 6.84. The number of nitrogens with one attached hydrogen (secondary N) is 1. The number of nitrogens with zero attached hydrogens (tertiary/aromatic N) is 3. The molecule has 1 aromatic heterocycles. The zero-order valence-corrected chi connectivity index (χ0v) is 11.8. The van der Waals surface area contributed by atoms with E-state index in [1.54, 1.807) is 0 Å². The highest BCUT2D eigenvalue weighted by atomic mass is 16.4. The van der Waals surface area contributed by atoms with E-state index in [2.05, 4.69) is 48.1 Å². The van der Waals surface area contributed by atoms with E-state index in [1.807, 2.05) is 0 Å². The molecule has 5 heteroatoms. The van der Waals surface area contributed by atoms with Gasteiger partial charge >= 0.3 is 6.01 Å². The number of rotatable bonds is 5. The van der Waals surface area contributed by atoms with Gasteiger partial charge in [-0.3, -0.25) is 0 Å². The van der Waals surface area contributed by atoms with Crippen LogP contribution in [-0.4, -0.2) is 29.8 Å². The molecule has 0 amide bonds. The summed E-state index contributed by atoms with van der Waals surface area (Å²) in [6, 6.07) is 0.674. The lowest BCUT2D eigenvalue weighted by Crippen LogP contribution is -2.20. The first kappa shape index (κ1) is 13.3. The molecule has 1 saturated heterocycles. The van der Waals surface area contributed by atoms with Crippen molar-refractivity contribution in [2.45, 2.75) is 34.2 Å². The third-order valence-electron chi connectivity index (χ3n) is 3.54. The second kappa shape index (κ2) is 5.69. The summed E-state index contributed by atoms with van der Waals surface area (Å²) in [6.07, 6.45) is 0. The van der Waals surface area contributed by atoms with E-state index in [0.29, 0.717) is 36.2 Å². The molecule has 0 aromatic carbocycles. The van der Waals surface area contributed by atoms with E-state index in [4.69, 9.17) is 4.42 Å². The second-order valence-electron chi connectivity index (χ2n) is 5.86. The number of aromatic nitrogens is 2. The lowest BCUT2D eigenvalue weighted by atomic mass is 10.0. The lowest BCUT2D eigenvalue weighted by Gasteiger charge is -2.11. The first-order valence-corrected chi connectivity index (χ1v) is 6.84. The highest BCUT2D eigenvalue weighted by molar-refractivity contribution is 5.26. The average Bonchev–Trinajstić information content (AvgIpc) is 2.87. The van der Waals surface area contributed by atoms with Gasteiger partial charge < -0.3 is 14.6 Å². The summed E-state index contributed by atoms with van der Waals surface area (Å²) in [4.78, 5) is 2.19. The van der Waals surface area contributed by atoms with Gasteiger partial charge in [-0.25, -0.2) is 0 Å². The summed E-state index contributed by atoms with van der Waals surface area (Å²) in [5.41, 5.74) is 0. The second-order valence-corrected chi connectivity index (χ2v) is 5.86. The molecule has 1 fully saturated rings. The Morgan fingerprint density at radius 3 is 2.56 bits per heavy atom. The van der Waals surface area contributed by atoms with Gasteiger partial charge in [0.25, 0.3) is 0 Å². The van der Waals surface area contributed by atoms with Crippen molar-refractivity contribution < 1.29 is 4.42 Å². The minimum atomic E-state index is 0.632. The quantitative estimate of drug-likeness (QED) is 0.867. The molecule has 1 aliphatic heterocycles. The summed E-state index contributed by atoms with van der Waals surface area (Å²) < 4.78 is 5.69. The van der Waals surface area contributed by atoms with E-state index in [9.17, 15) is 0 Å². The van der Waals surface area contributed by atoms with Crippen LogP contribution in [0.1, 0.15) is 33.6 Å². The van der Waals surface area contributed by atoms with E-state index >= 15 is 0 Å². The molecular weight excluding hydrogens is 228 g/mol. The van der Waals surface area contributed by atoms with Crippen molar-refractivity contribution in [1.29, 1.82) is 0 Å². The van der Waals surface area contributed by atoms with Gasteiger partial charge in [-0.05, 0) is 24.3 Å². The molecule has 1 N–H and O–H groups in total. The topological polar surface area (TPSA) is 54.2 Å². The van der Waals surface area contributed by atoms with E-state index in [-0.39, 0.29) is 0 Å². The third kappa shape index (κ3) is 3.22. The predicted molar refractivity (Wildman–Crippen MR) is 71.4 cm³/mol. The Morgan fingerprint density at radius 1 is 1.28 bits per heavy atom. The minimum absolute atomic E-state index is 0.632. The molecule has 0 aliphatic carbocycles. The van der Waals surface area contributed by atoms with E-state index < -0.39 is 0 Å². The maximum atomic E-state index is 5.69. The Morgan fingerprint density at radius 2 is 1.94 bits per heavy atom. The summed E-state index contributed by atoms with van der Waals surface area (Å²) in [7, 11) is 0. The normalized spacial score (nSPS) is 24.2. The summed E-state index contributed by atoms with van der Waals surface area (Å²) in [6.45, 7) is 12.6. The van der Waals surface area contributed by atoms with Crippen molar-refractivity contribution in [2.24, 2.45) is 17.8 Å². The standard InChI is InChI=1S/C13H24N4O/c1-9(2)5-14-6-12-15-16-13(18-12)17-7-10(3)11(4)8-17/h9-11,14H,5-8H2,1-4H3. The molecule has 5 nitrogen and oxygen atoms in total. The van der Waals surface area contributed by atoms with Crippen molar-refractivity contribution in [2.75, 3.05) is 24.5 Å². The molecule has 2 atom stereocenters. The zero-order valence-electron chi connectivity index (χ0n) is 11.8. The van der Waals surface area contributed by atoms with E-state index in [1.165, 1.54) is 0 Å². The molecule has 0 spiro atoms. The maximum absolute atomic E-state index is 5.69. The minimum Gasteiger partial charge on any atom is -0.407 e. The Balaban J connectivity index is 1.86. The SMILES string of the molecule is CC(C)CNCc1nnc(N2CC(C)C(C)C2)o1. The van der Waals surface area contributed by atoms with Gasteiger partial charge in [-0.15, -0.1) is 5.10 Å². The molecule has 1 aliphatic rings. The van der Waals surface area contributed by atoms with Crippen molar-refractivity contribution in [3.63, 3.8) is 0 Å². The van der Waals surface area contributed by atoms with Crippen LogP contribution in [0.5, 0.6) is 0 Å². The van der Waals surface area contributed by atoms with Gasteiger partial charge in [-0.2, -0.15) is 0 Å². The fourth-order valence-corrected chi connectivity index (χ4v) is 2.20. The van der Waals surface area contributed by atoms with Crippen LogP contribution in [-0.2, 0) is 6.54 Å². The van der Waals surface area contributed by atoms with Crippen LogP contribution < -0.4 is 10.2 Å². The molecule has 2 heterocycles. The van der Waals surface area contributed by atoms with Crippen molar-refractivity contribution >= 4 is 6.01 Å². The average molecular weight is 252 g/mol. The van der Waals surface area contributed by atoms with Crippen molar-refractivity contribution in [3.05, 3.63) is 5.89 Å². The van der Waals surface area contributed by atoms with Crippen LogP contribution >= 0.6 is 0 Å². The Kier molecular flexibility index (Phi) is 4.22. The Labute approximate surface area is 109 Å². The zero-order chi connectivity index (χ0) is 13.1. The van der Waals surface area contributed by atoms with Crippen LogP contribution in [0, 0.1) is 17.8 Å². The third-order valence-corrected chi connectivity index (χ3v) is 3.54. The molecule has 1 aromatic rings. The predicted octanol–water partition coefficient (Wildman–Crippen LogP) is 1.91. The highest BCUT2D eigenvalue weighted by Crippen LogP contribution is 2.26. The lowest BCUT2D eigenvalue weighted by molar-refractivity contribution is 0.450. The summed E-state index contributed by atoms with van der Waals surface area (Å²) in [5.74, 6) is 2.70. The number of anilines is 1. The highest BCUT2D eigenvalue weighted by Gasteiger charge is 2.29. The van der Waals surface area contributed by atoms with Crippen LogP contribution in [0.15, 0.2) is 4.42 Å². The summed E-state index contributed by atoms with van der Waals surface area (Å²) >= 11 is 0. The number of hydrogen-bond donors (Lipinski definition) is 1. The molecule has 2 rings (SSSR count). The van der Waals surface area contributed by atoms with Crippen molar-refractivity contribution in [1.82, 2.24) is 15.5 Å². The first-order chi connectivity index (χ1) is 8.56. The largest absolute Gasteiger partial charge is 0.407 e. The van der Waals surface area contributed by atoms with Gasteiger partial charge in [-0.1, -0.05) is 32.8 Å². The Hall–Kier alpha value is -1.10. The van der Waals surface area contributed by atoms with Crippen LogP contribution in [0.2, 0.25) is 0 Å². The summed E-state index contributed by atoms with van der Waals surface area (Å²) in [5, 5.41) is 11.5. The fourth-order valence-electron chi connectivity index (χ4n) is 2.20. The van der Waals surface area contributed by atoms with Gasteiger partial charge in [0, 0.05) is 13.1 Å². The molecule has 0 bridgehead atoms. The molecule has 0 radical (unpaired) electrons. The monoisotopic (exact) mass is 252 g/mol. The van der Waals surface area contributed by atoms with Crippen molar-refractivity contribution in [3.8, 4) is 0 Å². The molecule has 18 heavy (non-hydrogen) atoms. The molecule has 0 saturated carbocycles. The van der Waals surface area contributed by atoms with Gasteiger partial charge in [0.2, 0.25) is 5.89 Å². The fraction of sp³-hybridized carbons (Fsp3) is 0.846. The van der Waals surface area contributed by atoms with Gasteiger partial charge in [0.05, 0.1) is 6.54 Å².